The molecule has 0 aliphatic carbocycles. The predicted molar refractivity (Wildman–Crippen MR) is 121 cm³/mol. The Bertz CT molecular complexity index is 1120. The summed E-state index contributed by atoms with van der Waals surface area (Å²) in [5, 5.41) is 9.75. The Kier molecular flexibility index (Phi) is 6.52. The summed E-state index contributed by atoms with van der Waals surface area (Å²) in [5.41, 5.74) is 3.41. The number of benzene rings is 1. The Morgan fingerprint density at radius 1 is 1.16 bits per heavy atom. The lowest BCUT2D eigenvalue weighted by atomic mass is 10.1. The third-order valence-corrected chi connectivity index (χ3v) is 5.93. The van der Waals surface area contributed by atoms with Crippen molar-refractivity contribution in [3.8, 4) is 22.5 Å². The van der Waals surface area contributed by atoms with Crippen LogP contribution >= 0.6 is 11.3 Å². The zero-order chi connectivity index (χ0) is 21.6. The average Bonchev–Trinajstić information content (AvgIpc) is 3.45. The maximum absolute atomic E-state index is 13.3. The molecule has 1 amide bonds. The van der Waals surface area contributed by atoms with Crippen molar-refractivity contribution < 1.29 is 9.18 Å². The first-order chi connectivity index (χ1) is 15.1. The van der Waals surface area contributed by atoms with Gasteiger partial charge >= 0.3 is 0 Å². The second kappa shape index (κ2) is 9.66. The molecule has 3 aromatic heterocycles. The first-order valence-electron chi connectivity index (χ1n) is 10.1. The number of nitrogens with one attached hydrogen (secondary N) is 1. The van der Waals surface area contributed by atoms with Gasteiger partial charge in [0.15, 0.2) is 0 Å². The molecule has 0 spiro atoms. The molecule has 3 heterocycles. The zero-order valence-electron chi connectivity index (χ0n) is 17.2. The van der Waals surface area contributed by atoms with E-state index in [4.69, 9.17) is 5.10 Å². The van der Waals surface area contributed by atoms with Gasteiger partial charge < -0.3 is 5.32 Å². The minimum absolute atomic E-state index is 0.0299. The number of carbonyl (C=O) groups excluding carboxylic acids is 1. The van der Waals surface area contributed by atoms with Crippen molar-refractivity contribution in [2.75, 3.05) is 6.54 Å². The number of nitrogens with zero attached hydrogens (tertiary/aromatic N) is 3. The van der Waals surface area contributed by atoms with Crippen LogP contribution in [0.5, 0.6) is 0 Å². The Hall–Kier alpha value is -3.32. The highest BCUT2D eigenvalue weighted by molar-refractivity contribution is 7.09. The van der Waals surface area contributed by atoms with Crippen molar-refractivity contribution in [3.63, 3.8) is 0 Å². The normalized spacial score (nSPS) is 11.9. The topological polar surface area (TPSA) is 59.8 Å². The molecule has 4 rings (SSSR count). The van der Waals surface area contributed by atoms with Crippen molar-refractivity contribution in [2.24, 2.45) is 5.92 Å². The molecule has 31 heavy (non-hydrogen) atoms. The van der Waals surface area contributed by atoms with E-state index in [0.717, 1.165) is 28.9 Å². The SMILES string of the molecule is C[C@@H](Cc1cccs1)C(=O)NCCn1nc(-c2ccc(F)cc2)cc1-c1cccnc1. The summed E-state index contributed by atoms with van der Waals surface area (Å²) >= 11 is 1.67. The fourth-order valence-electron chi connectivity index (χ4n) is 3.38. The van der Waals surface area contributed by atoms with Crippen LogP contribution in [0.25, 0.3) is 22.5 Å². The van der Waals surface area contributed by atoms with E-state index < -0.39 is 0 Å². The van der Waals surface area contributed by atoms with Crippen LogP contribution in [0.3, 0.4) is 0 Å². The molecule has 4 aromatic rings. The van der Waals surface area contributed by atoms with Crippen LogP contribution in [0.1, 0.15) is 11.8 Å². The summed E-state index contributed by atoms with van der Waals surface area (Å²) in [4.78, 5) is 17.9. The van der Waals surface area contributed by atoms with Crippen molar-refractivity contribution in [1.29, 1.82) is 0 Å². The van der Waals surface area contributed by atoms with Gasteiger partial charge in [0.1, 0.15) is 5.82 Å². The third-order valence-electron chi connectivity index (χ3n) is 5.04. The lowest BCUT2D eigenvalue weighted by Gasteiger charge is -2.12. The van der Waals surface area contributed by atoms with E-state index in [1.54, 1.807) is 35.9 Å². The van der Waals surface area contributed by atoms with Gasteiger partial charge in [-0.25, -0.2) is 4.39 Å². The van der Waals surface area contributed by atoms with Crippen LogP contribution in [-0.2, 0) is 17.8 Å². The third kappa shape index (κ3) is 5.24. The first-order valence-corrected chi connectivity index (χ1v) is 11.0. The van der Waals surface area contributed by atoms with Crippen LogP contribution < -0.4 is 5.32 Å². The lowest BCUT2D eigenvalue weighted by Crippen LogP contribution is -2.33. The molecule has 0 saturated heterocycles. The van der Waals surface area contributed by atoms with E-state index in [2.05, 4.69) is 16.4 Å². The number of amides is 1. The number of pyridine rings is 1. The molecule has 0 radical (unpaired) electrons. The van der Waals surface area contributed by atoms with E-state index >= 15 is 0 Å². The van der Waals surface area contributed by atoms with Crippen LogP contribution in [0.15, 0.2) is 72.4 Å². The molecule has 0 fully saturated rings. The average molecular weight is 435 g/mol. The molecule has 158 valence electrons. The fourth-order valence-corrected chi connectivity index (χ4v) is 4.21. The molecule has 0 aliphatic heterocycles. The molecule has 0 unspecified atom stereocenters. The Labute approximate surface area is 184 Å². The molecule has 0 aliphatic rings. The minimum atomic E-state index is -0.282. The highest BCUT2D eigenvalue weighted by Crippen LogP contribution is 2.26. The second-order valence-electron chi connectivity index (χ2n) is 7.36. The molecule has 5 nitrogen and oxygen atoms in total. The molecule has 1 N–H and O–H groups in total. The maximum Gasteiger partial charge on any atom is 0.223 e. The number of carbonyl (C=O) groups is 1. The van der Waals surface area contributed by atoms with E-state index in [0.29, 0.717) is 13.1 Å². The van der Waals surface area contributed by atoms with Crippen molar-refractivity contribution in [1.82, 2.24) is 20.1 Å². The van der Waals surface area contributed by atoms with Crippen LogP contribution in [0.4, 0.5) is 4.39 Å². The summed E-state index contributed by atoms with van der Waals surface area (Å²) in [7, 11) is 0. The standard InChI is InChI=1S/C24H23FN4OS/c1-17(14-21-5-3-13-31-21)24(30)27-11-12-29-23(19-4-2-10-26-16-19)15-22(28-29)18-6-8-20(25)9-7-18/h2-10,13,15-17H,11-12,14H2,1H3,(H,27,30)/t17-/m0/s1. The summed E-state index contributed by atoms with van der Waals surface area (Å²) in [5.74, 6) is -0.346. The van der Waals surface area contributed by atoms with Gasteiger partial charge in [-0.15, -0.1) is 11.3 Å². The number of thiophene rings is 1. The number of aromatic nitrogens is 3. The van der Waals surface area contributed by atoms with Gasteiger partial charge in [0.05, 0.1) is 17.9 Å². The summed E-state index contributed by atoms with van der Waals surface area (Å²) < 4.78 is 15.2. The van der Waals surface area contributed by atoms with Crippen molar-refractivity contribution in [2.45, 2.75) is 19.9 Å². The Morgan fingerprint density at radius 2 is 2.00 bits per heavy atom. The minimum Gasteiger partial charge on any atom is -0.354 e. The van der Waals surface area contributed by atoms with E-state index in [1.165, 1.54) is 17.0 Å². The summed E-state index contributed by atoms with van der Waals surface area (Å²) in [6, 6.07) is 16.1. The molecule has 1 atom stereocenters. The highest BCUT2D eigenvalue weighted by Gasteiger charge is 2.15. The van der Waals surface area contributed by atoms with Gasteiger partial charge in [-0.1, -0.05) is 13.0 Å². The van der Waals surface area contributed by atoms with Gasteiger partial charge in [-0.05, 0) is 60.3 Å². The summed E-state index contributed by atoms with van der Waals surface area (Å²) in [6.45, 7) is 2.92. The van der Waals surface area contributed by atoms with Crippen molar-refractivity contribution in [3.05, 3.63) is 83.1 Å². The predicted octanol–water partition coefficient (Wildman–Crippen LogP) is 4.81. The molecule has 0 bridgehead atoms. The zero-order valence-corrected chi connectivity index (χ0v) is 18.0. The van der Waals surface area contributed by atoms with Crippen LogP contribution in [-0.4, -0.2) is 27.2 Å². The fraction of sp³-hybridized carbons (Fsp3) is 0.208. The molecule has 0 saturated carbocycles. The quantitative estimate of drug-likeness (QED) is 0.433. The van der Waals surface area contributed by atoms with Gasteiger partial charge in [0, 0.05) is 40.9 Å². The van der Waals surface area contributed by atoms with E-state index in [-0.39, 0.29) is 17.6 Å². The van der Waals surface area contributed by atoms with Gasteiger partial charge in [-0.3, -0.25) is 14.5 Å². The maximum atomic E-state index is 13.3. The number of rotatable bonds is 8. The molecular weight excluding hydrogens is 411 g/mol. The second-order valence-corrected chi connectivity index (χ2v) is 8.39. The van der Waals surface area contributed by atoms with Crippen molar-refractivity contribution >= 4 is 17.2 Å². The molecule has 7 heteroatoms. The summed E-state index contributed by atoms with van der Waals surface area (Å²) in [6.07, 6.45) is 4.24. The van der Waals surface area contributed by atoms with Gasteiger partial charge in [-0.2, -0.15) is 5.10 Å². The van der Waals surface area contributed by atoms with Gasteiger partial charge in [0.2, 0.25) is 5.91 Å². The smallest absolute Gasteiger partial charge is 0.223 e. The largest absolute Gasteiger partial charge is 0.354 e. The molecular formula is C24H23FN4OS. The first kappa shape index (κ1) is 20.9. The van der Waals surface area contributed by atoms with Crippen LogP contribution in [0.2, 0.25) is 0 Å². The lowest BCUT2D eigenvalue weighted by molar-refractivity contribution is -0.124. The van der Waals surface area contributed by atoms with Gasteiger partial charge in [0.25, 0.3) is 0 Å². The number of hydrogen-bond donors (Lipinski definition) is 1. The Balaban J connectivity index is 1.47. The number of halogens is 1. The van der Waals surface area contributed by atoms with Crippen LogP contribution in [0, 0.1) is 11.7 Å². The number of hydrogen-bond acceptors (Lipinski definition) is 4. The highest BCUT2D eigenvalue weighted by atomic mass is 32.1. The van der Waals surface area contributed by atoms with E-state index in [9.17, 15) is 9.18 Å². The monoisotopic (exact) mass is 434 g/mol. The Morgan fingerprint density at radius 3 is 2.71 bits per heavy atom. The molecule has 1 aromatic carbocycles. The van der Waals surface area contributed by atoms with E-state index in [1.807, 2.05) is 41.3 Å².